The number of ether oxygens (including phenoxy) is 2. The molecular formula is C46H91O8P. The largest absolute Gasteiger partial charge is 0.469 e. The molecule has 0 fully saturated rings. The number of hydrogen-bond donors (Lipinski definition) is 2. The Kier molecular flexibility index (Phi) is 40.5. The van der Waals surface area contributed by atoms with E-state index in [4.69, 9.17) is 19.3 Å². The quantitative estimate of drug-likeness (QED) is 0.0355. The lowest BCUT2D eigenvalue weighted by Crippen LogP contribution is -2.29. The van der Waals surface area contributed by atoms with Crippen molar-refractivity contribution in [2.45, 2.75) is 264 Å². The lowest BCUT2D eigenvalue weighted by atomic mass is 9.99. The molecule has 8 nitrogen and oxygen atoms in total. The van der Waals surface area contributed by atoms with Gasteiger partial charge < -0.3 is 19.3 Å². The monoisotopic (exact) mass is 803 g/mol. The minimum absolute atomic E-state index is 0.220. The highest BCUT2D eigenvalue weighted by atomic mass is 31.2. The fraction of sp³-hybridized carbons (Fsp3) is 0.957. The van der Waals surface area contributed by atoms with Crippen LogP contribution < -0.4 is 0 Å². The average Bonchev–Trinajstić information content (AvgIpc) is 3.16. The van der Waals surface area contributed by atoms with Gasteiger partial charge in [-0.15, -0.1) is 0 Å². The molecular weight excluding hydrogens is 711 g/mol. The Morgan fingerprint density at radius 1 is 0.473 bits per heavy atom. The van der Waals surface area contributed by atoms with Crippen LogP contribution in [0.25, 0.3) is 0 Å². The van der Waals surface area contributed by atoms with E-state index in [2.05, 4.69) is 25.3 Å². The first-order chi connectivity index (χ1) is 26.7. The van der Waals surface area contributed by atoms with Crippen LogP contribution in [0.5, 0.6) is 0 Å². The number of rotatable bonds is 44. The molecule has 0 heterocycles. The molecule has 0 aliphatic heterocycles. The van der Waals surface area contributed by atoms with Gasteiger partial charge in [0.1, 0.15) is 6.61 Å². The van der Waals surface area contributed by atoms with Crippen LogP contribution in [0, 0.1) is 5.92 Å². The molecule has 0 radical (unpaired) electrons. The van der Waals surface area contributed by atoms with Gasteiger partial charge in [0.25, 0.3) is 0 Å². The molecule has 55 heavy (non-hydrogen) atoms. The molecule has 0 aromatic heterocycles. The Balaban J connectivity index is 3.81. The summed E-state index contributed by atoms with van der Waals surface area (Å²) in [5.41, 5.74) is 0. The van der Waals surface area contributed by atoms with Gasteiger partial charge in [0.15, 0.2) is 6.10 Å². The molecule has 0 spiro atoms. The van der Waals surface area contributed by atoms with E-state index in [-0.39, 0.29) is 19.4 Å². The molecule has 0 rings (SSSR count). The van der Waals surface area contributed by atoms with Crippen LogP contribution in [0.2, 0.25) is 0 Å². The Labute approximate surface area is 340 Å². The van der Waals surface area contributed by atoms with Gasteiger partial charge in [0.2, 0.25) is 0 Å². The number of hydrogen-bond acceptors (Lipinski definition) is 6. The summed E-state index contributed by atoms with van der Waals surface area (Å²) in [6, 6.07) is 0. The van der Waals surface area contributed by atoms with Gasteiger partial charge in [-0.2, -0.15) is 0 Å². The fourth-order valence-corrected chi connectivity index (χ4v) is 7.60. The highest BCUT2D eigenvalue weighted by Gasteiger charge is 2.23. The van der Waals surface area contributed by atoms with Crippen LogP contribution in [-0.2, 0) is 28.2 Å². The Morgan fingerprint density at radius 2 is 0.800 bits per heavy atom. The molecule has 9 heteroatoms. The summed E-state index contributed by atoms with van der Waals surface area (Å²) in [6.07, 6.45) is 43.9. The number of carbonyl (C=O) groups is 2. The van der Waals surface area contributed by atoms with Crippen molar-refractivity contribution in [2.24, 2.45) is 5.92 Å². The van der Waals surface area contributed by atoms with E-state index in [0.717, 1.165) is 38.0 Å². The molecule has 0 aliphatic carbocycles. The molecule has 0 aliphatic rings. The molecule has 2 N–H and O–H groups in total. The summed E-state index contributed by atoms with van der Waals surface area (Å²) in [4.78, 5) is 43.0. The normalized spacial score (nSPS) is 12.9. The molecule has 1 unspecified atom stereocenters. The molecule has 0 saturated carbocycles. The number of esters is 2. The zero-order chi connectivity index (χ0) is 40.5. The van der Waals surface area contributed by atoms with Gasteiger partial charge in [-0.05, 0) is 18.8 Å². The van der Waals surface area contributed by atoms with Crippen LogP contribution in [0.4, 0.5) is 0 Å². The van der Waals surface area contributed by atoms with Crippen molar-refractivity contribution in [3.05, 3.63) is 0 Å². The average molecular weight is 803 g/mol. The van der Waals surface area contributed by atoms with E-state index in [9.17, 15) is 14.2 Å². The molecule has 0 saturated heterocycles. The zero-order valence-electron chi connectivity index (χ0n) is 36.5. The predicted molar refractivity (Wildman–Crippen MR) is 230 cm³/mol. The first kappa shape index (κ1) is 54.0. The topological polar surface area (TPSA) is 119 Å². The van der Waals surface area contributed by atoms with E-state index in [1.54, 1.807) is 0 Å². The highest BCUT2D eigenvalue weighted by molar-refractivity contribution is 7.46. The van der Waals surface area contributed by atoms with Crippen molar-refractivity contribution in [3.63, 3.8) is 0 Å². The summed E-state index contributed by atoms with van der Waals surface area (Å²) in [6.45, 7) is 6.11. The van der Waals surface area contributed by atoms with Crippen LogP contribution >= 0.6 is 7.82 Å². The molecule has 0 amide bonds. The lowest BCUT2D eigenvalue weighted by molar-refractivity contribution is -0.161. The van der Waals surface area contributed by atoms with Gasteiger partial charge >= 0.3 is 19.8 Å². The molecule has 328 valence electrons. The van der Waals surface area contributed by atoms with Crippen molar-refractivity contribution in [1.29, 1.82) is 0 Å². The SMILES string of the molecule is CCCCCCCCCCCCCCCCCCCCCC(=O)O[C@H](COC(=O)CCCCCCCCCCCCCCCCC(C)CC)COP(=O)(O)O. The zero-order valence-corrected chi connectivity index (χ0v) is 37.4. The third kappa shape index (κ3) is 44.0. The van der Waals surface area contributed by atoms with Crippen LogP contribution in [0.1, 0.15) is 258 Å². The van der Waals surface area contributed by atoms with E-state index >= 15 is 0 Å². The first-order valence-corrected chi connectivity index (χ1v) is 25.3. The standard InChI is InChI=1S/C46H91O8P/c1-4-6-7-8-9-10-11-12-13-14-15-16-17-22-25-28-31-34-37-40-46(48)54-44(42-53-55(49,50)51)41-52-45(47)39-36-33-30-27-24-21-19-18-20-23-26-29-32-35-38-43(3)5-2/h43-44H,4-42H2,1-3H3,(H2,49,50,51)/t43?,44-/m1/s1. The second-order valence-corrected chi connectivity index (χ2v) is 17.9. The Bertz CT molecular complexity index is 878. The maximum Gasteiger partial charge on any atom is 0.469 e. The second-order valence-electron chi connectivity index (χ2n) is 16.7. The van der Waals surface area contributed by atoms with Crippen molar-refractivity contribution < 1.29 is 37.9 Å². The van der Waals surface area contributed by atoms with Gasteiger partial charge in [0.05, 0.1) is 6.61 Å². The van der Waals surface area contributed by atoms with Gasteiger partial charge in [-0.1, -0.05) is 233 Å². The summed E-state index contributed by atoms with van der Waals surface area (Å²) < 4.78 is 26.5. The van der Waals surface area contributed by atoms with Crippen molar-refractivity contribution in [1.82, 2.24) is 0 Å². The smallest absolute Gasteiger partial charge is 0.462 e. The second kappa shape index (κ2) is 41.2. The number of carbonyl (C=O) groups excluding carboxylic acids is 2. The van der Waals surface area contributed by atoms with Gasteiger partial charge in [0, 0.05) is 12.8 Å². The van der Waals surface area contributed by atoms with E-state index in [0.29, 0.717) is 6.42 Å². The van der Waals surface area contributed by atoms with Gasteiger partial charge in [-0.3, -0.25) is 14.1 Å². The van der Waals surface area contributed by atoms with E-state index < -0.39 is 32.5 Å². The third-order valence-corrected chi connectivity index (χ3v) is 11.7. The number of phosphoric ester groups is 1. The Hall–Kier alpha value is -0.950. The van der Waals surface area contributed by atoms with Gasteiger partial charge in [-0.25, -0.2) is 4.57 Å². The number of unbranched alkanes of at least 4 members (excludes halogenated alkanes) is 31. The summed E-state index contributed by atoms with van der Waals surface area (Å²) in [5.74, 6) is 0.0196. The minimum Gasteiger partial charge on any atom is -0.462 e. The fourth-order valence-electron chi connectivity index (χ4n) is 7.23. The molecule has 0 aromatic rings. The highest BCUT2D eigenvalue weighted by Crippen LogP contribution is 2.36. The van der Waals surface area contributed by atoms with E-state index in [1.165, 1.54) is 186 Å². The first-order valence-electron chi connectivity index (χ1n) is 23.7. The molecule has 0 aromatic carbocycles. The minimum atomic E-state index is -4.75. The Morgan fingerprint density at radius 3 is 1.15 bits per heavy atom. The van der Waals surface area contributed by atoms with Crippen molar-refractivity contribution in [3.8, 4) is 0 Å². The summed E-state index contributed by atoms with van der Waals surface area (Å²) in [7, 11) is -4.75. The lowest BCUT2D eigenvalue weighted by Gasteiger charge is -2.18. The van der Waals surface area contributed by atoms with Crippen LogP contribution in [0.15, 0.2) is 0 Å². The maximum absolute atomic E-state index is 12.4. The van der Waals surface area contributed by atoms with Crippen LogP contribution in [-0.4, -0.2) is 41.0 Å². The summed E-state index contributed by atoms with van der Waals surface area (Å²) >= 11 is 0. The number of phosphoric acid groups is 1. The third-order valence-electron chi connectivity index (χ3n) is 11.2. The van der Waals surface area contributed by atoms with Crippen molar-refractivity contribution in [2.75, 3.05) is 13.2 Å². The molecule has 2 atom stereocenters. The van der Waals surface area contributed by atoms with Crippen molar-refractivity contribution >= 4 is 19.8 Å². The summed E-state index contributed by atoms with van der Waals surface area (Å²) in [5, 5.41) is 0. The predicted octanol–water partition coefficient (Wildman–Crippen LogP) is 14.7. The maximum atomic E-state index is 12.4. The van der Waals surface area contributed by atoms with Crippen LogP contribution in [0.3, 0.4) is 0 Å². The van der Waals surface area contributed by atoms with E-state index in [1.807, 2.05) is 0 Å². The molecule has 0 bridgehead atoms.